The maximum Gasteiger partial charge on any atom is 0.224 e. The smallest absolute Gasteiger partial charge is 0.224 e. The number of carbonyl (C=O) groups excluding carboxylic acids is 2. The highest BCUT2D eigenvalue weighted by Crippen LogP contribution is 2.21. The maximum absolute atomic E-state index is 12.4. The summed E-state index contributed by atoms with van der Waals surface area (Å²) < 4.78 is 0. The summed E-state index contributed by atoms with van der Waals surface area (Å²) in [6.07, 6.45) is 0.419. The van der Waals surface area contributed by atoms with Gasteiger partial charge in [-0.05, 0) is 30.0 Å². The van der Waals surface area contributed by atoms with Gasteiger partial charge in [-0.2, -0.15) is 0 Å². The van der Waals surface area contributed by atoms with Crippen LogP contribution < -0.4 is 5.32 Å². The van der Waals surface area contributed by atoms with E-state index in [-0.39, 0.29) is 17.7 Å². The zero-order valence-electron chi connectivity index (χ0n) is 15.2. The van der Waals surface area contributed by atoms with Crippen LogP contribution >= 0.6 is 0 Å². The molecular weight excluding hydrogens is 312 g/mol. The predicted octanol–water partition coefficient (Wildman–Crippen LogP) is 4.19. The van der Waals surface area contributed by atoms with Gasteiger partial charge in [-0.15, -0.1) is 0 Å². The highest BCUT2D eigenvalue weighted by atomic mass is 16.2. The van der Waals surface area contributed by atoms with Crippen LogP contribution in [0.25, 0.3) is 0 Å². The Morgan fingerprint density at radius 2 is 1.68 bits per heavy atom. The van der Waals surface area contributed by atoms with Gasteiger partial charge < -0.3 is 10.2 Å². The standard InChI is InChI=1S/C21H26N2O2/c1-4-23(17(3)24)15-19-12-8-9-13-20(19)22-21(25)14-16(2)18-10-6-5-7-11-18/h5-13,16H,4,14-15H2,1-3H3,(H,22,25). The molecule has 0 bridgehead atoms. The lowest BCUT2D eigenvalue weighted by Crippen LogP contribution is -2.28. The average molecular weight is 338 g/mol. The number of rotatable bonds is 7. The van der Waals surface area contributed by atoms with Crippen molar-refractivity contribution in [2.24, 2.45) is 0 Å². The number of hydrogen-bond acceptors (Lipinski definition) is 2. The minimum Gasteiger partial charge on any atom is -0.339 e. The van der Waals surface area contributed by atoms with Gasteiger partial charge in [-0.1, -0.05) is 55.5 Å². The molecule has 0 heterocycles. The lowest BCUT2D eigenvalue weighted by molar-refractivity contribution is -0.129. The van der Waals surface area contributed by atoms with E-state index in [1.54, 1.807) is 11.8 Å². The second-order valence-electron chi connectivity index (χ2n) is 6.25. The van der Waals surface area contributed by atoms with Crippen molar-refractivity contribution < 1.29 is 9.59 Å². The number of para-hydroxylation sites is 1. The number of benzene rings is 2. The van der Waals surface area contributed by atoms with Gasteiger partial charge in [-0.25, -0.2) is 0 Å². The van der Waals surface area contributed by atoms with E-state index in [4.69, 9.17) is 0 Å². The Labute approximate surface area is 149 Å². The van der Waals surface area contributed by atoms with E-state index in [0.29, 0.717) is 19.5 Å². The fourth-order valence-electron chi connectivity index (χ4n) is 2.81. The molecule has 0 radical (unpaired) electrons. The summed E-state index contributed by atoms with van der Waals surface area (Å²) in [5.74, 6) is 0.161. The number of nitrogens with zero attached hydrogens (tertiary/aromatic N) is 1. The Bertz CT molecular complexity index is 713. The second-order valence-corrected chi connectivity index (χ2v) is 6.25. The molecule has 0 saturated heterocycles. The first kappa shape index (κ1) is 18.7. The fourth-order valence-corrected chi connectivity index (χ4v) is 2.81. The maximum atomic E-state index is 12.4. The van der Waals surface area contributed by atoms with E-state index in [1.807, 2.05) is 61.5 Å². The molecule has 0 fully saturated rings. The molecule has 0 saturated carbocycles. The monoisotopic (exact) mass is 338 g/mol. The molecule has 2 amide bonds. The largest absolute Gasteiger partial charge is 0.339 e. The van der Waals surface area contributed by atoms with E-state index in [9.17, 15) is 9.59 Å². The third-order valence-corrected chi connectivity index (χ3v) is 4.34. The van der Waals surface area contributed by atoms with Crippen molar-refractivity contribution in [2.75, 3.05) is 11.9 Å². The van der Waals surface area contributed by atoms with Crippen molar-refractivity contribution in [2.45, 2.75) is 39.7 Å². The Morgan fingerprint density at radius 1 is 1.04 bits per heavy atom. The molecule has 2 rings (SSSR count). The van der Waals surface area contributed by atoms with Crippen LogP contribution in [0.3, 0.4) is 0 Å². The van der Waals surface area contributed by atoms with Crippen LogP contribution in [0.4, 0.5) is 5.69 Å². The van der Waals surface area contributed by atoms with Crippen molar-refractivity contribution in [3.05, 3.63) is 65.7 Å². The quantitative estimate of drug-likeness (QED) is 0.823. The van der Waals surface area contributed by atoms with Gasteiger partial charge in [0.2, 0.25) is 11.8 Å². The van der Waals surface area contributed by atoms with Crippen molar-refractivity contribution in [1.29, 1.82) is 0 Å². The van der Waals surface area contributed by atoms with Crippen LogP contribution in [-0.4, -0.2) is 23.3 Å². The topological polar surface area (TPSA) is 49.4 Å². The van der Waals surface area contributed by atoms with Gasteiger partial charge in [0, 0.05) is 32.1 Å². The molecule has 4 nitrogen and oxygen atoms in total. The third-order valence-electron chi connectivity index (χ3n) is 4.34. The van der Waals surface area contributed by atoms with E-state index < -0.39 is 0 Å². The van der Waals surface area contributed by atoms with Gasteiger partial charge in [0.15, 0.2) is 0 Å². The molecule has 1 atom stereocenters. The summed E-state index contributed by atoms with van der Waals surface area (Å²) in [4.78, 5) is 25.8. The van der Waals surface area contributed by atoms with Crippen LogP contribution in [0.5, 0.6) is 0 Å². The molecule has 2 aromatic rings. The van der Waals surface area contributed by atoms with Crippen LogP contribution in [0.2, 0.25) is 0 Å². The molecule has 0 aliphatic carbocycles. The molecule has 4 heteroatoms. The number of hydrogen-bond donors (Lipinski definition) is 1. The molecule has 25 heavy (non-hydrogen) atoms. The Kier molecular flexibility index (Phi) is 6.75. The first-order chi connectivity index (χ1) is 12.0. The molecular formula is C21H26N2O2. The SMILES string of the molecule is CCN(Cc1ccccc1NC(=O)CC(C)c1ccccc1)C(C)=O. The van der Waals surface area contributed by atoms with Gasteiger partial charge in [0.25, 0.3) is 0 Å². The van der Waals surface area contributed by atoms with E-state index in [2.05, 4.69) is 12.2 Å². The molecule has 0 spiro atoms. The van der Waals surface area contributed by atoms with Gasteiger partial charge in [0.1, 0.15) is 0 Å². The van der Waals surface area contributed by atoms with E-state index in [1.165, 1.54) is 0 Å². The number of nitrogens with one attached hydrogen (secondary N) is 1. The summed E-state index contributed by atoms with van der Waals surface area (Å²) in [5, 5.41) is 3.00. The lowest BCUT2D eigenvalue weighted by atomic mass is 9.97. The fraction of sp³-hybridized carbons (Fsp3) is 0.333. The van der Waals surface area contributed by atoms with Crippen LogP contribution in [-0.2, 0) is 16.1 Å². The normalized spacial score (nSPS) is 11.6. The molecule has 0 aromatic heterocycles. The van der Waals surface area contributed by atoms with Gasteiger partial charge >= 0.3 is 0 Å². The van der Waals surface area contributed by atoms with Crippen LogP contribution in [0.15, 0.2) is 54.6 Å². The second kappa shape index (κ2) is 9.02. The minimum absolute atomic E-state index is 0.0188. The molecule has 1 unspecified atom stereocenters. The number of carbonyl (C=O) groups is 2. The van der Waals surface area contributed by atoms with E-state index in [0.717, 1.165) is 16.8 Å². The molecule has 0 aliphatic heterocycles. The molecule has 2 aromatic carbocycles. The zero-order chi connectivity index (χ0) is 18.2. The zero-order valence-corrected chi connectivity index (χ0v) is 15.2. The van der Waals surface area contributed by atoms with Gasteiger partial charge in [0.05, 0.1) is 0 Å². The van der Waals surface area contributed by atoms with Crippen molar-refractivity contribution in [1.82, 2.24) is 4.90 Å². The summed E-state index contributed by atoms with van der Waals surface area (Å²) in [6, 6.07) is 17.7. The van der Waals surface area contributed by atoms with Crippen molar-refractivity contribution in [3.63, 3.8) is 0 Å². The Morgan fingerprint density at radius 3 is 2.32 bits per heavy atom. The first-order valence-corrected chi connectivity index (χ1v) is 8.69. The highest BCUT2D eigenvalue weighted by Gasteiger charge is 2.14. The Balaban J connectivity index is 2.04. The van der Waals surface area contributed by atoms with Gasteiger partial charge in [-0.3, -0.25) is 9.59 Å². The number of amides is 2. The number of anilines is 1. The average Bonchev–Trinajstić information content (AvgIpc) is 2.61. The third kappa shape index (κ3) is 5.45. The summed E-state index contributed by atoms with van der Waals surface area (Å²) >= 11 is 0. The lowest BCUT2D eigenvalue weighted by Gasteiger charge is -2.21. The van der Waals surface area contributed by atoms with E-state index >= 15 is 0 Å². The summed E-state index contributed by atoms with van der Waals surface area (Å²) in [6.45, 7) is 6.70. The van der Waals surface area contributed by atoms with Crippen LogP contribution in [0, 0.1) is 0 Å². The molecule has 0 aliphatic rings. The summed E-state index contributed by atoms with van der Waals surface area (Å²) in [7, 11) is 0. The summed E-state index contributed by atoms with van der Waals surface area (Å²) in [5.41, 5.74) is 2.87. The first-order valence-electron chi connectivity index (χ1n) is 8.69. The minimum atomic E-state index is -0.0188. The highest BCUT2D eigenvalue weighted by molar-refractivity contribution is 5.92. The van der Waals surface area contributed by atoms with Crippen molar-refractivity contribution >= 4 is 17.5 Å². The Hall–Kier alpha value is -2.62. The van der Waals surface area contributed by atoms with Crippen molar-refractivity contribution in [3.8, 4) is 0 Å². The molecule has 1 N–H and O–H groups in total. The predicted molar refractivity (Wildman–Crippen MR) is 101 cm³/mol. The van der Waals surface area contributed by atoms with Crippen LogP contribution in [0.1, 0.15) is 44.2 Å². The molecule has 132 valence electrons.